The van der Waals surface area contributed by atoms with Crippen LogP contribution in [-0.2, 0) is 7.05 Å². The summed E-state index contributed by atoms with van der Waals surface area (Å²) < 4.78 is 6.62. The summed E-state index contributed by atoms with van der Waals surface area (Å²) in [6.07, 6.45) is 0.719. The number of benzene rings is 1. The van der Waals surface area contributed by atoms with Crippen molar-refractivity contribution >= 4 is 12.1 Å². The van der Waals surface area contributed by atoms with E-state index in [0.717, 1.165) is 11.8 Å². The Morgan fingerprint density at radius 3 is 2.88 bits per heavy atom. The first-order valence-corrected chi connectivity index (χ1v) is 5.09. The molecule has 1 heterocycles. The third-order valence-corrected chi connectivity index (χ3v) is 2.59. The highest BCUT2D eigenvalue weighted by molar-refractivity contribution is 5.91. The maximum absolute atomic E-state index is 11.0. The van der Waals surface area contributed by atoms with Crippen molar-refractivity contribution in [1.29, 1.82) is 0 Å². The van der Waals surface area contributed by atoms with Crippen molar-refractivity contribution < 1.29 is 9.53 Å². The van der Waals surface area contributed by atoms with Crippen molar-refractivity contribution in [3.05, 3.63) is 29.8 Å². The number of aldehydes is 1. The number of methoxy groups -OCH3 is 1. The highest BCUT2D eigenvalue weighted by Crippen LogP contribution is 2.27. The molecule has 2 rings (SSSR count). The molecular weight excluding hydrogens is 218 g/mol. The first-order valence-electron chi connectivity index (χ1n) is 5.09. The summed E-state index contributed by atoms with van der Waals surface area (Å²) in [7, 11) is 3.29. The predicted octanol–water partition coefficient (Wildman–Crippen LogP) is 1.49. The van der Waals surface area contributed by atoms with Crippen LogP contribution in [0.3, 0.4) is 0 Å². The summed E-state index contributed by atoms with van der Waals surface area (Å²) in [6.45, 7) is 0. The van der Waals surface area contributed by atoms with Gasteiger partial charge in [-0.15, -0.1) is 0 Å². The van der Waals surface area contributed by atoms with E-state index >= 15 is 0 Å². The molecule has 0 aliphatic carbocycles. The molecule has 0 radical (unpaired) electrons. The summed E-state index contributed by atoms with van der Waals surface area (Å²) in [6, 6.07) is 7.34. The first kappa shape index (κ1) is 11.2. The lowest BCUT2D eigenvalue weighted by molar-refractivity contribution is 0.112. The van der Waals surface area contributed by atoms with Crippen LogP contribution in [0.4, 0.5) is 5.82 Å². The quantitative estimate of drug-likeness (QED) is 0.812. The van der Waals surface area contributed by atoms with Crippen LogP contribution < -0.4 is 10.5 Å². The van der Waals surface area contributed by atoms with Gasteiger partial charge in [-0.05, 0) is 12.1 Å². The second-order valence-corrected chi connectivity index (χ2v) is 3.62. The van der Waals surface area contributed by atoms with E-state index in [-0.39, 0.29) is 0 Å². The molecule has 1 aromatic carbocycles. The van der Waals surface area contributed by atoms with Crippen molar-refractivity contribution in [3.63, 3.8) is 0 Å². The number of hydrogen-bond acceptors (Lipinski definition) is 4. The maximum Gasteiger partial charge on any atom is 0.156 e. The first-order chi connectivity index (χ1) is 8.17. The molecule has 0 saturated carbocycles. The molecular formula is C12H13N3O2. The Hall–Kier alpha value is -2.30. The zero-order chi connectivity index (χ0) is 12.4. The zero-order valence-electron chi connectivity index (χ0n) is 9.68. The predicted molar refractivity (Wildman–Crippen MR) is 65.0 cm³/mol. The third-order valence-electron chi connectivity index (χ3n) is 2.59. The number of ether oxygens (including phenoxy) is 1. The summed E-state index contributed by atoms with van der Waals surface area (Å²) in [5, 5.41) is 4.23. The summed E-state index contributed by atoms with van der Waals surface area (Å²) >= 11 is 0. The number of aromatic nitrogens is 2. The molecule has 17 heavy (non-hydrogen) atoms. The van der Waals surface area contributed by atoms with Crippen LogP contribution in [0.15, 0.2) is 24.3 Å². The van der Waals surface area contributed by atoms with Gasteiger partial charge in [-0.1, -0.05) is 12.1 Å². The number of carbonyl (C=O) groups is 1. The molecule has 5 nitrogen and oxygen atoms in total. The van der Waals surface area contributed by atoms with Gasteiger partial charge < -0.3 is 10.5 Å². The number of nitrogen functional groups attached to an aromatic ring is 1. The van der Waals surface area contributed by atoms with E-state index in [9.17, 15) is 4.79 Å². The highest BCUT2D eigenvalue weighted by Gasteiger charge is 2.14. The van der Waals surface area contributed by atoms with Gasteiger partial charge in [-0.25, -0.2) is 0 Å². The van der Waals surface area contributed by atoms with E-state index in [1.807, 2.05) is 24.3 Å². The van der Waals surface area contributed by atoms with Crippen LogP contribution in [0.1, 0.15) is 10.4 Å². The minimum absolute atomic E-state index is 0.359. The van der Waals surface area contributed by atoms with Gasteiger partial charge in [0.1, 0.15) is 17.3 Å². The number of nitrogens with two attached hydrogens (primary N) is 1. The van der Waals surface area contributed by atoms with Gasteiger partial charge in [0.25, 0.3) is 0 Å². The lowest BCUT2D eigenvalue weighted by Crippen LogP contribution is -1.98. The fraction of sp³-hybridized carbons (Fsp3) is 0.167. The second kappa shape index (κ2) is 4.29. The minimum atomic E-state index is 0.359. The topological polar surface area (TPSA) is 70.1 Å². The molecule has 2 aromatic rings. The Morgan fingerprint density at radius 2 is 2.24 bits per heavy atom. The standard InChI is InChI=1S/C12H13N3O2/c1-15-12(13)10(7-16)11(14-15)8-4-3-5-9(6-8)17-2/h3-7H,13H2,1-2H3. The number of aryl methyl sites for hydroxylation is 1. The van der Waals surface area contributed by atoms with Gasteiger partial charge in [0.05, 0.1) is 12.7 Å². The summed E-state index contributed by atoms with van der Waals surface area (Å²) in [5.41, 5.74) is 7.54. The molecule has 0 aliphatic rings. The van der Waals surface area contributed by atoms with E-state index in [0.29, 0.717) is 22.8 Å². The summed E-state index contributed by atoms with van der Waals surface area (Å²) in [5.74, 6) is 1.07. The molecule has 88 valence electrons. The molecule has 0 amide bonds. The zero-order valence-corrected chi connectivity index (χ0v) is 9.68. The smallest absolute Gasteiger partial charge is 0.156 e. The van der Waals surface area contributed by atoms with E-state index in [2.05, 4.69) is 5.10 Å². The molecule has 0 atom stereocenters. The average molecular weight is 231 g/mol. The van der Waals surface area contributed by atoms with Gasteiger partial charge in [0, 0.05) is 12.6 Å². The van der Waals surface area contributed by atoms with Crippen LogP contribution in [0.25, 0.3) is 11.3 Å². The molecule has 0 fully saturated rings. The van der Waals surface area contributed by atoms with Crippen molar-refractivity contribution in [3.8, 4) is 17.0 Å². The number of rotatable bonds is 3. The molecule has 0 aliphatic heterocycles. The van der Waals surface area contributed by atoms with Crippen LogP contribution in [0.2, 0.25) is 0 Å². The van der Waals surface area contributed by atoms with Crippen molar-refractivity contribution in [2.45, 2.75) is 0 Å². The fourth-order valence-corrected chi connectivity index (χ4v) is 1.65. The summed E-state index contributed by atoms with van der Waals surface area (Å²) in [4.78, 5) is 11.0. The van der Waals surface area contributed by atoms with Crippen LogP contribution in [-0.4, -0.2) is 23.2 Å². The van der Waals surface area contributed by atoms with Crippen LogP contribution in [0.5, 0.6) is 5.75 Å². The van der Waals surface area contributed by atoms with Gasteiger partial charge in [0.2, 0.25) is 0 Å². The molecule has 0 saturated heterocycles. The van der Waals surface area contributed by atoms with Crippen LogP contribution >= 0.6 is 0 Å². The third kappa shape index (κ3) is 1.87. The van der Waals surface area contributed by atoms with Gasteiger partial charge >= 0.3 is 0 Å². The number of carbonyl (C=O) groups excluding carboxylic acids is 1. The molecule has 0 spiro atoms. The Labute approximate surface area is 98.8 Å². The Balaban J connectivity index is 2.59. The highest BCUT2D eigenvalue weighted by atomic mass is 16.5. The maximum atomic E-state index is 11.0. The van der Waals surface area contributed by atoms with Crippen molar-refractivity contribution in [2.75, 3.05) is 12.8 Å². The SMILES string of the molecule is COc1cccc(-c2nn(C)c(N)c2C=O)c1. The largest absolute Gasteiger partial charge is 0.497 e. The van der Waals surface area contributed by atoms with E-state index in [1.54, 1.807) is 14.2 Å². The molecule has 1 aromatic heterocycles. The van der Waals surface area contributed by atoms with Crippen LogP contribution in [0, 0.1) is 0 Å². The Morgan fingerprint density at radius 1 is 1.47 bits per heavy atom. The molecule has 5 heteroatoms. The fourth-order valence-electron chi connectivity index (χ4n) is 1.65. The van der Waals surface area contributed by atoms with Gasteiger partial charge in [0.15, 0.2) is 6.29 Å². The lowest BCUT2D eigenvalue weighted by Gasteiger charge is -2.02. The van der Waals surface area contributed by atoms with E-state index in [1.165, 1.54) is 4.68 Å². The number of nitrogens with zero attached hydrogens (tertiary/aromatic N) is 2. The molecule has 2 N–H and O–H groups in total. The number of anilines is 1. The van der Waals surface area contributed by atoms with Gasteiger partial charge in [-0.2, -0.15) is 5.10 Å². The lowest BCUT2D eigenvalue weighted by atomic mass is 10.1. The molecule has 0 bridgehead atoms. The van der Waals surface area contributed by atoms with Gasteiger partial charge in [-0.3, -0.25) is 9.48 Å². The normalized spacial score (nSPS) is 10.2. The monoisotopic (exact) mass is 231 g/mol. The number of hydrogen-bond donors (Lipinski definition) is 1. The Kier molecular flexibility index (Phi) is 2.82. The Bertz CT molecular complexity index is 561. The van der Waals surface area contributed by atoms with E-state index < -0.39 is 0 Å². The minimum Gasteiger partial charge on any atom is -0.497 e. The second-order valence-electron chi connectivity index (χ2n) is 3.62. The van der Waals surface area contributed by atoms with Crippen molar-refractivity contribution in [1.82, 2.24) is 9.78 Å². The average Bonchev–Trinajstić information content (AvgIpc) is 2.65. The van der Waals surface area contributed by atoms with E-state index in [4.69, 9.17) is 10.5 Å². The van der Waals surface area contributed by atoms with Crippen molar-refractivity contribution in [2.24, 2.45) is 7.05 Å². The molecule has 0 unspecified atom stereocenters.